The Morgan fingerprint density at radius 1 is 1.26 bits per heavy atom. The van der Waals surface area contributed by atoms with E-state index in [2.05, 4.69) is 10.3 Å². The van der Waals surface area contributed by atoms with Crippen molar-refractivity contribution in [1.29, 1.82) is 0 Å². The molecule has 3 heterocycles. The van der Waals surface area contributed by atoms with Crippen molar-refractivity contribution in [2.45, 2.75) is 13.1 Å². The molecule has 4 rings (SSSR count). The van der Waals surface area contributed by atoms with Crippen molar-refractivity contribution in [2.75, 3.05) is 4.72 Å². The molecular weight excluding hydrogens is 388 g/mol. The van der Waals surface area contributed by atoms with E-state index in [0.29, 0.717) is 13.1 Å². The number of hydrogen-bond donors (Lipinski definition) is 3. The molecule has 1 aliphatic rings. The zero-order valence-electron chi connectivity index (χ0n) is 14.0. The van der Waals surface area contributed by atoms with E-state index >= 15 is 0 Å². The fourth-order valence-corrected chi connectivity index (χ4v) is 4.05. The second-order valence-electron chi connectivity index (χ2n) is 6.01. The van der Waals surface area contributed by atoms with Gasteiger partial charge in [-0.05, 0) is 29.1 Å². The topological polar surface area (TPSA) is 126 Å². The smallest absolute Gasteiger partial charge is 0.312 e. The molecule has 9 nitrogen and oxygen atoms in total. The van der Waals surface area contributed by atoms with Gasteiger partial charge >= 0.3 is 10.3 Å². The minimum atomic E-state index is -4.29. The molecule has 1 aliphatic heterocycles. The Morgan fingerprint density at radius 3 is 2.70 bits per heavy atom. The van der Waals surface area contributed by atoms with Crippen molar-refractivity contribution in [2.24, 2.45) is 5.84 Å². The van der Waals surface area contributed by atoms with E-state index in [9.17, 15) is 8.42 Å². The number of fused-ring (bicyclic) bond motifs is 1. The van der Waals surface area contributed by atoms with Gasteiger partial charge in [0.2, 0.25) is 0 Å². The highest BCUT2D eigenvalue weighted by atomic mass is 32.2. The highest BCUT2D eigenvalue weighted by molar-refractivity contribution is 7.87. The van der Waals surface area contributed by atoms with Crippen LogP contribution in [0.15, 0.2) is 48.0 Å². The van der Waals surface area contributed by atoms with Gasteiger partial charge in [0.05, 0.1) is 24.5 Å². The van der Waals surface area contributed by atoms with Gasteiger partial charge in [-0.15, -0.1) is 16.4 Å². The quantitative estimate of drug-likeness (QED) is 0.436. The van der Waals surface area contributed by atoms with Gasteiger partial charge in [0.1, 0.15) is 5.69 Å². The largest absolute Gasteiger partial charge is 0.357 e. The van der Waals surface area contributed by atoms with Crippen molar-refractivity contribution < 1.29 is 13.0 Å². The van der Waals surface area contributed by atoms with Crippen molar-refractivity contribution in [3.05, 3.63) is 69.8 Å². The molecule has 0 saturated heterocycles. The normalized spacial score (nSPS) is 14.0. The Bertz CT molecular complexity index is 1090. The SMILES string of the molecule is NN1C=C(c2cccs2)c2nnn(Cc3ccc(NS(=O)(=O)O)cc3)c2C1. The van der Waals surface area contributed by atoms with Crippen molar-refractivity contribution in [3.63, 3.8) is 0 Å². The van der Waals surface area contributed by atoms with Crippen LogP contribution in [-0.2, 0) is 23.4 Å². The number of aromatic nitrogens is 3. The number of nitrogens with two attached hydrogens (primary N) is 1. The number of hydrazine groups is 1. The van der Waals surface area contributed by atoms with E-state index in [0.717, 1.165) is 27.4 Å². The van der Waals surface area contributed by atoms with E-state index in [1.165, 1.54) is 0 Å². The van der Waals surface area contributed by atoms with Gasteiger partial charge in [-0.2, -0.15) is 8.42 Å². The first-order chi connectivity index (χ1) is 12.9. The van der Waals surface area contributed by atoms with Crippen LogP contribution in [0, 0.1) is 0 Å². The Hall–Kier alpha value is -2.73. The van der Waals surface area contributed by atoms with Crippen LogP contribution in [0.5, 0.6) is 0 Å². The molecule has 140 valence electrons. The van der Waals surface area contributed by atoms with Gasteiger partial charge in [0.25, 0.3) is 0 Å². The summed E-state index contributed by atoms with van der Waals surface area (Å²) < 4.78 is 34.3. The van der Waals surface area contributed by atoms with E-state index in [4.69, 9.17) is 10.4 Å². The zero-order valence-corrected chi connectivity index (χ0v) is 15.6. The van der Waals surface area contributed by atoms with Crippen LogP contribution < -0.4 is 10.6 Å². The lowest BCUT2D eigenvalue weighted by molar-refractivity contribution is 0.366. The molecule has 11 heteroatoms. The average molecular weight is 404 g/mol. The van der Waals surface area contributed by atoms with Gasteiger partial charge in [-0.3, -0.25) is 9.27 Å². The number of thiophene rings is 1. The lowest BCUT2D eigenvalue weighted by atomic mass is 10.1. The van der Waals surface area contributed by atoms with E-state index in [-0.39, 0.29) is 5.69 Å². The van der Waals surface area contributed by atoms with Crippen LogP contribution in [0.4, 0.5) is 5.69 Å². The lowest BCUT2D eigenvalue weighted by Crippen LogP contribution is -2.29. The summed E-state index contributed by atoms with van der Waals surface area (Å²) >= 11 is 1.61. The molecule has 0 atom stereocenters. The maximum absolute atomic E-state index is 10.9. The fraction of sp³-hybridized carbons (Fsp3) is 0.125. The number of nitrogens with zero attached hydrogens (tertiary/aromatic N) is 4. The molecule has 4 N–H and O–H groups in total. The van der Waals surface area contributed by atoms with Crippen LogP contribution in [-0.4, -0.2) is 33.0 Å². The van der Waals surface area contributed by atoms with Gasteiger partial charge in [-0.25, -0.2) is 10.5 Å². The monoisotopic (exact) mass is 404 g/mol. The molecule has 0 bridgehead atoms. The van der Waals surface area contributed by atoms with Crippen LogP contribution in [0.1, 0.15) is 21.8 Å². The van der Waals surface area contributed by atoms with Crippen LogP contribution >= 0.6 is 11.3 Å². The number of rotatable bonds is 5. The maximum atomic E-state index is 10.9. The molecule has 0 fully saturated rings. The summed E-state index contributed by atoms with van der Waals surface area (Å²) in [7, 11) is -4.29. The summed E-state index contributed by atoms with van der Waals surface area (Å²) in [4.78, 5) is 1.07. The zero-order chi connectivity index (χ0) is 19.0. The third-order valence-electron chi connectivity index (χ3n) is 4.04. The summed E-state index contributed by atoms with van der Waals surface area (Å²) in [6, 6.07) is 10.6. The number of hydrogen-bond acceptors (Lipinski definition) is 7. The van der Waals surface area contributed by atoms with Crippen molar-refractivity contribution >= 4 is 32.9 Å². The standard InChI is InChI=1S/C16H16N6O3S2/c17-21-9-13(15-2-1-7-26-15)16-14(10-21)22(20-18-16)8-11-3-5-12(6-4-11)19-27(23,24)25/h1-7,9,19H,8,10,17H2,(H,23,24,25). The predicted octanol–water partition coefficient (Wildman–Crippen LogP) is 1.68. The third kappa shape index (κ3) is 3.85. The lowest BCUT2D eigenvalue weighted by Gasteiger charge is -2.22. The summed E-state index contributed by atoms with van der Waals surface area (Å²) in [5, 5.41) is 12.2. The van der Waals surface area contributed by atoms with Gasteiger partial charge in [0, 0.05) is 16.7 Å². The van der Waals surface area contributed by atoms with E-state index in [1.807, 2.05) is 28.4 Å². The highest BCUT2D eigenvalue weighted by Gasteiger charge is 2.24. The van der Waals surface area contributed by atoms with Gasteiger partial charge in [-0.1, -0.05) is 23.4 Å². The minimum absolute atomic E-state index is 0.276. The predicted molar refractivity (Wildman–Crippen MR) is 102 cm³/mol. The Balaban J connectivity index is 1.59. The second-order valence-corrected chi connectivity index (χ2v) is 8.11. The first-order valence-electron chi connectivity index (χ1n) is 7.93. The summed E-state index contributed by atoms with van der Waals surface area (Å²) in [6.45, 7) is 0.944. The fourth-order valence-electron chi connectivity index (χ4n) is 2.88. The summed E-state index contributed by atoms with van der Waals surface area (Å²) in [6.07, 6.45) is 1.86. The maximum Gasteiger partial charge on any atom is 0.357 e. The number of benzene rings is 1. The molecule has 0 unspecified atom stereocenters. The molecule has 27 heavy (non-hydrogen) atoms. The van der Waals surface area contributed by atoms with Crippen LogP contribution in [0.25, 0.3) is 5.57 Å². The molecule has 0 amide bonds. The Kier molecular flexibility index (Phi) is 4.44. The van der Waals surface area contributed by atoms with E-state index < -0.39 is 10.3 Å². The van der Waals surface area contributed by atoms with Crippen molar-refractivity contribution in [1.82, 2.24) is 20.0 Å². The summed E-state index contributed by atoms with van der Waals surface area (Å²) in [5.74, 6) is 6.05. The highest BCUT2D eigenvalue weighted by Crippen LogP contribution is 2.31. The van der Waals surface area contributed by atoms with Crippen molar-refractivity contribution in [3.8, 4) is 0 Å². The van der Waals surface area contributed by atoms with E-state index in [1.54, 1.807) is 45.3 Å². The molecular formula is C16H16N6O3S2. The van der Waals surface area contributed by atoms with Crippen LogP contribution in [0.2, 0.25) is 0 Å². The van der Waals surface area contributed by atoms with Gasteiger partial charge in [0.15, 0.2) is 0 Å². The first kappa shape index (κ1) is 17.7. The Labute approximate surface area is 159 Å². The molecule has 3 aromatic rings. The van der Waals surface area contributed by atoms with Gasteiger partial charge < -0.3 is 5.01 Å². The number of anilines is 1. The molecule has 0 saturated carbocycles. The minimum Gasteiger partial charge on any atom is -0.312 e. The second kappa shape index (κ2) is 6.78. The molecule has 1 aromatic carbocycles. The Morgan fingerprint density at radius 2 is 2.04 bits per heavy atom. The first-order valence-corrected chi connectivity index (χ1v) is 10.2. The molecule has 2 aromatic heterocycles. The average Bonchev–Trinajstić information content (AvgIpc) is 3.25. The number of nitrogens with one attached hydrogen (secondary N) is 1. The third-order valence-corrected chi connectivity index (χ3v) is 5.44. The van der Waals surface area contributed by atoms with Crippen LogP contribution in [0.3, 0.4) is 0 Å². The molecule has 0 radical (unpaired) electrons. The molecule has 0 spiro atoms. The summed E-state index contributed by atoms with van der Waals surface area (Å²) in [5.41, 5.74) is 3.83. The molecule has 0 aliphatic carbocycles.